The van der Waals surface area contributed by atoms with Crippen LogP contribution < -0.4 is 5.01 Å². The Morgan fingerprint density at radius 2 is 1.96 bits per heavy atom. The average Bonchev–Trinajstić information content (AvgIpc) is 2.81. The molecule has 3 rings (SSSR count). The van der Waals surface area contributed by atoms with Crippen molar-refractivity contribution in [2.45, 2.75) is 6.92 Å². The SMILES string of the molecule is CC1=NN(c2ccccc2)C(=O)C1=Cc1cc(Cl)c(O)c(Br)c1. The van der Waals surface area contributed by atoms with Crippen LogP contribution in [0.1, 0.15) is 12.5 Å². The third-order valence-electron chi connectivity index (χ3n) is 3.41. The summed E-state index contributed by atoms with van der Waals surface area (Å²) in [5, 5.41) is 15.6. The van der Waals surface area contributed by atoms with Gasteiger partial charge >= 0.3 is 0 Å². The number of carbonyl (C=O) groups is 1. The highest BCUT2D eigenvalue weighted by Gasteiger charge is 2.28. The zero-order valence-corrected chi connectivity index (χ0v) is 14.5. The van der Waals surface area contributed by atoms with Crippen molar-refractivity contribution < 1.29 is 9.90 Å². The molecule has 0 saturated carbocycles. The molecule has 0 saturated heterocycles. The summed E-state index contributed by atoms with van der Waals surface area (Å²) in [6, 6.07) is 12.5. The van der Waals surface area contributed by atoms with E-state index in [9.17, 15) is 9.90 Å². The van der Waals surface area contributed by atoms with Gasteiger partial charge < -0.3 is 5.11 Å². The Morgan fingerprint density at radius 3 is 2.61 bits per heavy atom. The van der Waals surface area contributed by atoms with Crippen LogP contribution in [0.3, 0.4) is 0 Å². The lowest BCUT2D eigenvalue weighted by Crippen LogP contribution is -2.21. The van der Waals surface area contributed by atoms with Gasteiger partial charge in [-0.15, -0.1) is 0 Å². The Hall–Kier alpha value is -2.11. The number of rotatable bonds is 2. The zero-order valence-electron chi connectivity index (χ0n) is 12.1. The number of phenols is 1. The molecule has 0 radical (unpaired) electrons. The van der Waals surface area contributed by atoms with Crippen molar-refractivity contribution in [1.29, 1.82) is 0 Å². The van der Waals surface area contributed by atoms with E-state index in [-0.39, 0.29) is 16.7 Å². The second-order valence-electron chi connectivity index (χ2n) is 5.03. The molecule has 2 aromatic rings. The quantitative estimate of drug-likeness (QED) is 0.760. The first-order chi connectivity index (χ1) is 11.0. The number of aromatic hydroxyl groups is 1. The number of hydrazone groups is 1. The van der Waals surface area contributed by atoms with E-state index in [1.54, 1.807) is 25.1 Å². The van der Waals surface area contributed by atoms with E-state index < -0.39 is 0 Å². The first-order valence-corrected chi connectivity index (χ1v) is 7.99. The molecule has 0 aliphatic carbocycles. The highest BCUT2D eigenvalue weighted by molar-refractivity contribution is 9.10. The third-order valence-corrected chi connectivity index (χ3v) is 4.31. The molecule has 0 bridgehead atoms. The van der Waals surface area contributed by atoms with Crippen LogP contribution in [0.2, 0.25) is 5.02 Å². The van der Waals surface area contributed by atoms with E-state index in [2.05, 4.69) is 21.0 Å². The Labute approximate surface area is 146 Å². The Balaban J connectivity index is 1.99. The fourth-order valence-corrected chi connectivity index (χ4v) is 3.08. The number of para-hydroxylation sites is 1. The minimum atomic E-state index is -0.200. The third kappa shape index (κ3) is 3.02. The standard InChI is InChI=1S/C17H12BrClN2O2/c1-10-13(7-11-8-14(18)16(22)15(19)9-11)17(23)21(20-10)12-5-3-2-4-6-12/h2-9,22H,1H3. The van der Waals surface area contributed by atoms with Crippen LogP contribution in [0, 0.1) is 0 Å². The number of anilines is 1. The molecule has 0 spiro atoms. The maximum atomic E-state index is 12.6. The maximum absolute atomic E-state index is 12.6. The zero-order chi connectivity index (χ0) is 16.6. The molecule has 1 heterocycles. The van der Waals surface area contributed by atoms with Gasteiger partial charge in [0.2, 0.25) is 0 Å². The van der Waals surface area contributed by atoms with Gasteiger partial charge in [0.05, 0.1) is 26.5 Å². The number of phenolic OH excluding ortho intramolecular Hbond substituents is 1. The monoisotopic (exact) mass is 390 g/mol. The average molecular weight is 392 g/mol. The first-order valence-electron chi connectivity index (χ1n) is 6.82. The van der Waals surface area contributed by atoms with E-state index in [1.165, 1.54) is 5.01 Å². The molecule has 1 N–H and O–H groups in total. The lowest BCUT2D eigenvalue weighted by molar-refractivity contribution is -0.114. The van der Waals surface area contributed by atoms with Gasteiger partial charge in [-0.3, -0.25) is 4.79 Å². The molecule has 116 valence electrons. The summed E-state index contributed by atoms with van der Waals surface area (Å²) in [5.41, 5.74) is 2.53. The molecule has 4 nitrogen and oxygen atoms in total. The summed E-state index contributed by atoms with van der Waals surface area (Å²) in [6.45, 7) is 1.78. The number of benzene rings is 2. The Morgan fingerprint density at radius 1 is 1.26 bits per heavy atom. The lowest BCUT2D eigenvalue weighted by atomic mass is 10.1. The van der Waals surface area contributed by atoms with Crippen molar-refractivity contribution in [2.24, 2.45) is 5.10 Å². The molecule has 0 unspecified atom stereocenters. The second-order valence-corrected chi connectivity index (χ2v) is 6.29. The number of carbonyl (C=O) groups excluding carboxylic acids is 1. The van der Waals surface area contributed by atoms with Crippen molar-refractivity contribution >= 4 is 50.9 Å². The van der Waals surface area contributed by atoms with Gasteiger partial charge in [-0.25, -0.2) is 0 Å². The van der Waals surface area contributed by atoms with Crippen LogP contribution >= 0.6 is 27.5 Å². The summed E-state index contributed by atoms with van der Waals surface area (Å²) >= 11 is 9.20. The predicted octanol–water partition coefficient (Wildman–Crippen LogP) is 4.61. The molecule has 2 aromatic carbocycles. The van der Waals surface area contributed by atoms with Gasteiger partial charge in [0.25, 0.3) is 5.91 Å². The largest absolute Gasteiger partial charge is 0.505 e. The molecular weight excluding hydrogens is 380 g/mol. The number of nitrogens with zero attached hydrogens (tertiary/aromatic N) is 2. The highest BCUT2D eigenvalue weighted by atomic mass is 79.9. The van der Waals surface area contributed by atoms with E-state index in [0.717, 1.165) is 0 Å². The second kappa shape index (κ2) is 6.18. The lowest BCUT2D eigenvalue weighted by Gasteiger charge is -2.11. The van der Waals surface area contributed by atoms with Crippen molar-refractivity contribution in [1.82, 2.24) is 0 Å². The van der Waals surface area contributed by atoms with Crippen LogP contribution in [-0.2, 0) is 4.79 Å². The fraction of sp³-hybridized carbons (Fsp3) is 0.0588. The molecular formula is C17H12BrClN2O2. The van der Waals surface area contributed by atoms with Gasteiger partial charge in [0.1, 0.15) is 5.75 Å². The number of hydrogen-bond acceptors (Lipinski definition) is 3. The van der Waals surface area contributed by atoms with Gasteiger partial charge in [0, 0.05) is 0 Å². The van der Waals surface area contributed by atoms with Crippen LogP contribution in [0.5, 0.6) is 5.75 Å². The Kier molecular flexibility index (Phi) is 4.24. The van der Waals surface area contributed by atoms with Crippen LogP contribution in [0.25, 0.3) is 6.08 Å². The molecule has 1 aliphatic rings. The topological polar surface area (TPSA) is 52.9 Å². The van der Waals surface area contributed by atoms with Gasteiger partial charge in [-0.05, 0) is 58.8 Å². The van der Waals surface area contributed by atoms with E-state index in [4.69, 9.17) is 11.6 Å². The van der Waals surface area contributed by atoms with E-state index in [0.29, 0.717) is 27.0 Å². The smallest absolute Gasteiger partial charge is 0.280 e. The molecule has 6 heteroatoms. The summed E-state index contributed by atoms with van der Waals surface area (Å²) in [6.07, 6.45) is 1.71. The summed E-state index contributed by atoms with van der Waals surface area (Å²) in [4.78, 5) is 12.6. The molecule has 1 amide bonds. The summed E-state index contributed by atoms with van der Waals surface area (Å²) < 4.78 is 0.469. The molecule has 0 fully saturated rings. The number of halogens is 2. The minimum Gasteiger partial charge on any atom is -0.505 e. The van der Waals surface area contributed by atoms with Crippen molar-refractivity contribution in [3.05, 3.63) is 63.1 Å². The van der Waals surface area contributed by atoms with Crippen LogP contribution in [-0.4, -0.2) is 16.7 Å². The first kappa shape index (κ1) is 15.8. The summed E-state index contributed by atoms with van der Waals surface area (Å²) in [5.74, 6) is -0.225. The predicted molar refractivity (Wildman–Crippen MR) is 95.8 cm³/mol. The molecule has 0 aromatic heterocycles. The van der Waals surface area contributed by atoms with Crippen LogP contribution in [0.4, 0.5) is 5.69 Å². The number of hydrogen-bond donors (Lipinski definition) is 1. The molecule has 1 aliphatic heterocycles. The van der Waals surface area contributed by atoms with Crippen molar-refractivity contribution in [2.75, 3.05) is 5.01 Å². The molecule has 0 atom stereocenters. The van der Waals surface area contributed by atoms with Crippen molar-refractivity contribution in [3.8, 4) is 5.75 Å². The van der Waals surface area contributed by atoms with Crippen LogP contribution in [0.15, 0.2) is 57.6 Å². The fourth-order valence-electron chi connectivity index (χ4n) is 2.26. The Bertz CT molecular complexity index is 824. The normalized spacial score (nSPS) is 16.1. The maximum Gasteiger partial charge on any atom is 0.280 e. The van der Waals surface area contributed by atoms with E-state index >= 15 is 0 Å². The van der Waals surface area contributed by atoms with Gasteiger partial charge in [0.15, 0.2) is 0 Å². The van der Waals surface area contributed by atoms with Gasteiger partial charge in [-0.2, -0.15) is 10.1 Å². The summed E-state index contributed by atoms with van der Waals surface area (Å²) in [7, 11) is 0. The number of amides is 1. The molecule has 23 heavy (non-hydrogen) atoms. The minimum absolute atomic E-state index is 0.0251. The van der Waals surface area contributed by atoms with Crippen molar-refractivity contribution in [3.63, 3.8) is 0 Å². The van der Waals surface area contributed by atoms with Gasteiger partial charge in [-0.1, -0.05) is 29.8 Å². The highest BCUT2D eigenvalue weighted by Crippen LogP contribution is 2.34. The van der Waals surface area contributed by atoms with E-state index in [1.807, 2.05) is 30.3 Å².